The summed E-state index contributed by atoms with van der Waals surface area (Å²) in [6.07, 6.45) is 3.24. The third-order valence-electron chi connectivity index (χ3n) is 7.90. The van der Waals surface area contributed by atoms with Gasteiger partial charge in [0.1, 0.15) is 17.2 Å². The predicted octanol–water partition coefficient (Wildman–Crippen LogP) is 7.98. The van der Waals surface area contributed by atoms with Crippen LogP contribution >= 0.6 is 23.2 Å². The average Bonchev–Trinajstić information content (AvgIpc) is 3.44. The van der Waals surface area contributed by atoms with E-state index in [4.69, 9.17) is 27.9 Å². The number of hydrogen-bond donors (Lipinski definition) is 2. The second-order valence-corrected chi connectivity index (χ2v) is 14.3. The van der Waals surface area contributed by atoms with Crippen LogP contribution in [0.1, 0.15) is 38.3 Å². The Morgan fingerprint density at radius 2 is 1.65 bits per heavy atom. The van der Waals surface area contributed by atoms with Crippen molar-refractivity contribution in [3.63, 3.8) is 0 Å². The molecule has 0 radical (unpaired) electrons. The van der Waals surface area contributed by atoms with Gasteiger partial charge in [-0.3, -0.25) is 24.6 Å². The predicted molar refractivity (Wildman–Crippen MR) is 196 cm³/mol. The smallest absolute Gasteiger partial charge is 0.292 e. The molecule has 0 aliphatic carbocycles. The monoisotopic (exact) mass is 744 g/mol. The Bertz CT molecular complexity index is 2360. The number of hydrogen-bond acceptors (Lipinski definition) is 9. The van der Waals surface area contributed by atoms with E-state index in [1.165, 1.54) is 18.2 Å². The van der Waals surface area contributed by atoms with Crippen LogP contribution < -0.4 is 14.8 Å². The molecule has 2 aromatic heterocycles. The van der Waals surface area contributed by atoms with Crippen molar-refractivity contribution in [2.75, 3.05) is 5.32 Å². The number of nitrogens with zero attached hydrogens (tertiary/aromatic N) is 4. The Labute approximate surface area is 303 Å². The van der Waals surface area contributed by atoms with Crippen LogP contribution in [0.3, 0.4) is 0 Å². The van der Waals surface area contributed by atoms with Crippen LogP contribution in [0.4, 0.5) is 11.4 Å². The van der Waals surface area contributed by atoms with Gasteiger partial charge in [0.2, 0.25) is 10.0 Å². The van der Waals surface area contributed by atoms with Crippen molar-refractivity contribution in [2.45, 2.75) is 32.7 Å². The number of pyridine rings is 1. The number of sulfonamides is 1. The fourth-order valence-electron chi connectivity index (χ4n) is 5.49. The van der Waals surface area contributed by atoms with E-state index in [1.807, 2.05) is 56.3 Å². The van der Waals surface area contributed by atoms with E-state index in [-0.39, 0.29) is 35.7 Å². The molecule has 0 fully saturated rings. The van der Waals surface area contributed by atoms with Crippen molar-refractivity contribution >= 4 is 61.4 Å². The average molecular weight is 746 g/mol. The lowest BCUT2D eigenvalue weighted by Gasteiger charge is -2.10. The summed E-state index contributed by atoms with van der Waals surface area (Å²) in [5.41, 5.74) is 3.87. The minimum absolute atomic E-state index is 0.112. The normalized spacial score (nSPS) is 11.4. The zero-order valence-corrected chi connectivity index (χ0v) is 29.6. The maximum atomic E-state index is 13.4. The van der Waals surface area contributed by atoms with E-state index in [1.54, 1.807) is 35.3 Å². The van der Waals surface area contributed by atoms with Gasteiger partial charge in [0.25, 0.3) is 11.6 Å². The Morgan fingerprint density at radius 1 is 0.922 bits per heavy atom. The maximum absolute atomic E-state index is 13.4. The van der Waals surface area contributed by atoms with Crippen molar-refractivity contribution < 1.29 is 22.9 Å². The lowest BCUT2D eigenvalue weighted by molar-refractivity contribution is -0.384. The number of nitro groups is 1. The minimum atomic E-state index is -4.31. The first-order chi connectivity index (χ1) is 24.3. The SMILES string of the molecule is Cc1cc(Oc2ccc(Cn3nc(C(=O)NS(=O)(=O)Cc4ccc(NCc5cccnc5)c([N+](=O)[O-])c4)c4cc(Cl)ccc43)cc2)cc(C)c1Cl. The molecule has 260 valence electrons. The van der Waals surface area contributed by atoms with Gasteiger partial charge in [0.15, 0.2) is 5.69 Å². The number of nitro benzene ring substituents is 1. The van der Waals surface area contributed by atoms with Gasteiger partial charge in [-0.1, -0.05) is 47.5 Å². The van der Waals surface area contributed by atoms with Crippen molar-refractivity contribution in [3.8, 4) is 11.5 Å². The largest absolute Gasteiger partial charge is 0.457 e. The number of carbonyl (C=O) groups is 1. The molecule has 6 rings (SSSR count). The number of halogens is 2. The van der Waals surface area contributed by atoms with Crippen LogP contribution in [0.25, 0.3) is 10.9 Å². The second-order valence-electron chi connectivity index (χ2n) is 11.8. The van der Waals surface area contributed by atoms with Gasteiger partial charge in [-0.15, -0.1) is 0 Å². The molecule has 2 N–H and O–H groups in total. The first kappa shape index (κ1) is 35.3. The summed E-state index contributed by atoms with van der Waals surface area (Å²) in [6.45, 7) is 4.35. The highest BCUT2D eigenvalue weighted by atomic mass is 35.5. The molecule has 0 aliphatic heterocycles. The summed E-state index contributed by atoms with van der Waals surface area (Å²) in [5, 5.41) is 20.6. The van der Waals surface area contributed by atoms with E-state index in [9.17, 15) is 23.3 Å². The first-order valence-corrected chi connectivity index (χ1v) is 17.9. The zero-order valence-electron chi connectivity index (χ0n) is 27.3. The van der Waals surface area contributed by atoms with Crippen molar-refractivity contribution in [1.82, 2.24) is 19.5 Å². The van der Waals surface area contributed by atoms with Crippen LogP contribution in [-0.2, 0) is 28.9 Å². The number of benzene rings is 4. The molecule has 1 amide bonds. The fourth-order valence-corrected chi connectivity index (χ4v) is 6.84. The van der Waals surface area contributed by atoms with Gasteiger partial charge < -0.3 is 10.1 Å². The quantitative estimate of drug-likeness (QED) is 0.0936. The highest BCUT2D eigenvalue weighted by Crippen LogP contribution is 2.31. The van der Waals surface area contributed by atoms with Crippen LogP contribution in [0.2, 0.25) is 10.0 Å². The van der Waals surface area contributed by atoms with E-state index in [0.29, 0.717) is 32.4 Å². The second kappa shape index (κ2) is 14.8. The topological polar surface area (TPSA) is 158 Å². The van der Waals surface area contributed by atoms with Crippen molar-refractivity contribution in [3.05, 3.63) is 151 Å². The molecule has 0 aliphatic rings. The molecular formula is C36H30Cl2N6O6S. The van der Waals surface area contributed by atoms with Gasteiger partial charge in [-0.05, 0) is 96.3 Å². The standard InChI is InChI=1S/C36H30Cl2N6O6S/c1-22-14-29(15-23(2)34(22)38)50-28-9-5-24(6-10-28)20-43-32-12-8-27(37)17-30(32)35(41-43)36(45)42-51(48,49)21-25-7-11-31(33(16-25)44(46)47)40-19-26-4-3-13-39-18-26/h3-18,40H,19-21H2,1-2H3,(H,42,45). The zero-order chi connectivity index (χ0) is 36.3. The molecule has 0 unspecified atom stereocenters. The summed E-state index contributed by atoms with van der Waals surface area (Å²) in [4.78, 5) is 28.7. The van der Waals surface area contributed by atoms with Crippen molar-refractivity contribution in [2.24, 2.45) is 0 Å². The number of nitrogens with one attached hydrogen (secondary N) is 2. The van der Waals surface area contributed by atoms with E-state index in [0.717, 1.165) is 28.3 Å². The number of rotatable bonds is 12. The van der Waals surface area contributed by atoms with Gasteiger partial charge in [0.05, 0.1) is 22.7 Å². The fraction of sp³-hybridized carbons (Fsp3) is 0.139. The molecular weight excluding hydrogens is 715 g/mol. The van der Waals surface area contributed by atoms with Gasteiger partial charge in [0, 0.05) is 40.4 Å². The van der Waals surface area contributed by atoms with Gasteiger partial charge in [-0.25, -0.2) is 13.1 Å². The molecule has 0 saturated carbocycles. The van der Waals surface area contributed by atoms with E-state index >= 15 is 0 Å². The summed E-state index contributed by atoms with van der Waals surface area (Å²) in [5.74, 6) is -0.386. The molecule has 4 aromatic carbocycles. The van der Waals surface area contributed by atoms with E-state index in [2.05, 4.69) is 20.1 Å². The molecule has 0 spiro atoms. The Kier molecular flexibility index (Phi) is 10.2. The first-order valence-electron chi connectivity index (χ1n) is 15.5. The Morgan fingerprint density at radius 3 is 2.33 bits per heavy atom. The van der Waals surface area contributed by atoms with Gasteiger partial charge in [-0.2, -0.15) is 5.10 Å². The number of aromatic nitrogens is 3. The number of carbonyl (C=O) groups excluding carboxylic acids is 1. The van der Waals surface area contributed by atoms with Crippen LogP contribution in [-0.4, -0.2) is 34.0 Å². The molecule has 0 saturated heterocycles. The lowest BCUT2D eigenvalue weighted by Crippen LogP contribution is -2.32. The third-order valence-corrected chi connectivity index (χ3v) is 9.94. The molecule has 0 atom stereocenters. The summed E-state index contributed by atoms with van der Waals surface area (Å²) in [7, 11) is -4.31. The number of fused-ring (bicyclic) bond motifs is 1. The van der Waals surface area contributed by atoms with Crippen molar-refractivity contribution in [1.29, 1.82) is 0 Å². The third kappa shape index (κ3) is 8.46. The molecule has 2 heterocycles. The molecule has 0 bridgehead atoms. The summed E-state index contributed by atoms with van der Waals surface area (Å²) < 4.78 is 36.0. The van der Waals surface area contributed by atoms with Crippen LogP contribution in [0.5, 0.6) is 11.5 Å². The number of aryl methyl sites for hydroxylation is 2. The number of anilines is 1. The number of amides is 1. The Balaban J connectivity index is 1.17. The van der Waals surface area contributed by atoms with Gasteiger partial charge >= 0.3 is 0 Å². The highest BCUT2D eigenvalue weighted by Gasteiger charge is 2.24. The van der Waals surface area contributed by atoms with E-state index < -0.39 is 26.6 Å². The number of ether oxygens (including phenoxy) is 1. The summed E-state index contributed by atoms with van der Waals surface area (Å²) in [6, 6.07) is 23.5. The maximum Gasteiger partial charge on any atom is 0.292 e. The highest BCUT2D eigenvalue weighted by molar-refractivity contribution is 7.89. The Hall–Kier alpha value is -5.50. The molecule has 6 aromatic rings. The molecule has 51 heavy (non-hydrogen) atoms. The van der Waals surface area contributed by atoms with Crippen LogP contribution in [0, 0.1) is 24.0 Å². The molecule has 15 heteroatoms. The molecule has 12 nitrogen and oxygen atoms in total. The lowest BCUT2D eigenvalue weighted by atomic mass is 10.1. The van der Waals surface area contributed by atoms with Crippen LogP contribution in [0.15, 0.2) is 97.3 Å². The minimum Gasteiger partial charge on any atom is -0.457 e. The summed E-state index contributed by atoms with van der Waals surface area (Å²) >= 11 is 12.5.